The Hall–Kier alpha value is -3.03. The van der Waals surface area contributed by atoms with Crippen molar-refractivity contribution in [3.63, 3.8) is 0 Å². The number of aryl methyl sites for hydroxylation is 1. The second-order valence-corrected chi connectivity index (χ2v) is 8.85. The zero-order valence-electron chi connectivity index (χ0n) is 17.2. The summed E-state index contributed by atoms with van der Waals surface area (Å²) in [4.78, 5) is 18.5. The zero-order valence-corrected chi connectivity index (χ0v) is 18.8. The minimum absolute atomic E-state index is 0.258. The quantitative estimate of drug-likeness (QED) is 0.194. The Labute approximate surface area is 189 Å². The van der Waals surface area contributed by atoms with Crippen LogP contribution < -0.4 is 9.47 Å². The normalized spacial score (nSPS) is 14.5. The van der Waals surface area contributed by atoms with Gasteiger partial charge in [0.1, 0.15) is 0 Å². The van der Waals surface area contributed by atoms with Crippen molar-refractivity contribution in [3.05, 3.63) is 81.7 Å². The third kappa shape index (κ3) is 5.37. The van der Waals surface area contributed by atoms with E-state index in [2.05, 4.69) is 36.2 Å². The topological polar surface area (TPSA) is 57.1 Å². The van der Waals surface area contributed by atoms with Gasteiger partial charge in [0, 0.05) is 10.6 Å². The van der Waals surface area contributed by atoms with Gasteiger partial charge in [-0.05, 0) is 54.3 Å². The molecule has 5 nitrogen and oxygen atoms in total. The summed E-state index contributed by atoms with van der Waals surface area (Å²) in [5.41, 5.74) is 2.29. The van der Waals surface area contributed by atoms with Crippen molar-refractivity contribution in [2.24, 2.45) is 4.99 Å². The van der Waals surface area contributed by atoms with Crippen LogP contribution in [0.25, 0.3) is 6.08 Å². The summed E-state index contributed by atoms with van der Waals surface area (Å²) in [6.07, 6.45) is 1.68. The summed E-state index contributed by atoms with van der Waals surface area (Å²) in [6.45, 7) is 2.63. The van der Waals surface area contributed by atoms with Gasteiger partial charge in [0.15, 0.2) is 17.2 Å². The zero-order chi connectivity index (χ0) is 21.6. The Bertz CT molecular complexity index is 1120. The number of rotatable bonds is 8. The highest BCUT2D eigenvalue weighted by Gasteiger charge is 2.24. The first kappa shape index (κ1) is 21.2. The summed E-state index contributed by atoms with van der Waals surface area (Å²) < 4.78 is 16.6. The van der Waals surface area contributed by atoms with Crippen molar-refractivity contribution >= 4 is 41.0 Å². The molecule has 4 rings (SSSR count). The van der Waals surface area contributed by atoms with E-state index in [1.807, 2.05) is 35.7 Å². The number of nitrogens with zero attached hydrogens (tertiary/aromatic N) is 1. The molecule has 1 aliphatic heterocycles. The maximum Gasteiger partial charge on any atom is 0.363 e. The van der Waals surface area contributed by atoms with E-state index in [4.69, 9.17) is 14.2 Å². The predicted octanol–water partition coefficient (Wildman–Crippen LogP) is 5.58. The molecule has 0 saturated carbocycles. The van der Waals surface area contributed by atoms with Crippen LogP contribution in [0.4, 0.5) is 0 Å². The maximum absolute atomic E-state index is 12.2. The standard InChI is InChI=1S/C24H21NO4S2/c1-16-5-8-18(9-6-16)30-13-11-28-20-10-7-17(15-21(20)27-2)14-19-24(26)29-23(25-19)22-4-3-12-31-22/h3-10,12,14-15H,11,13H2,1-2H3. The number of ether oxygens (including phenoxy) is 3. The van der Waals surface area contributed by atoms with Gasteiger partial charge in [0.05, 0.1) is 18.6 Å². The molecule has 158 valence electrons. The molecule has 2 aromatic carbocycles. The molecule has 0 saturated heterocycles. The molecule has 0 fully saturated rings. The molecule has 7 heteroatoms. The molecule has 0 N–H and O–H groups in total. The third-order valence-corrected chi connectivity index (χ3v) is 6.31. The predicted molar refractivity (Wildman–Crippen MR) is 125 cm³/mol. The number of thiophene rings is 1. The van der Waals surface area contributed by atoms with Gasteiger partial charge in [-0.2, -0.15) is 0 Å². The number of esters is 1. The molecule has 0 atom stereocenters. The first-order valence-electron chi connectivity index (χ1n) is 9.69. The van der Waals surface area contributed by atoms with E-state index in [1.54, 1.807) is 24.9 Å². The molecule has 31 heavy (non-hydrogen) atoms. The van der Waals surface area contributed by atoms with Crippen LogP contribution in [0.15, 0.2) is 75.6 Å². The van der Waals surface area contributed by atoms with Gasteiger partial charge in [-0.3, -0.25) is 0 Å². The minimum atomic E-state index is -0.462. The molecule has 0 aliphatic carbocycles. The lowest BCUT2D eigenvalue weighted by atomic mass is 10.1. The van der Waals surface area contributed by atoms with Crippen LogP contribution in [0.3, 0.4) is 0 Å². The fourth-order valence-corrected chi connectivity index (χ4v) is 4.29. The first-order valence-corrected chi connectivity index (χ1v) is 11.6. The van der Waals surface area contributed by atoms with Gasteiger partial charge in [0.2, 0.25) is 5.90 Å². The third-order valence-electron chi connectivity index (χ3n) is 4.47. The molecule has 0 unspecified atom stereocenters. The Kier molecular flexibility index (Phi) is 6.74. The van der Waals surface area contributed by atoms with E-state index in [9.17, 15) is 4.79 Å². The van der Waals surface area contributed by atoms with E-state index in [0.717, 1.165) is 16.2 Å². The van der Waals surface area contributed by atoms with E-state index >= 15 is 0 Å². The molecular weight excluding hydrogens is 430 g/mol. The molecule has 3 aromatic rings. The number of benzene rings is 2. The van der Waals surface area contributed by atoms with Gasteiger partial charge in [0.25, 0.3) is 0 Å². The second-order valence-electron chi connectivity index (χ2n) is 6.73. The van der Waals surface area contributed by atoms with Crippen molar-refractivity contribution in [3.8, 4) is 11.5 Å². The van der Waals surface area contributed by atoms with Crippen molar-refractivity contribution in [1.82, 2.24) is 0 Å². The lowest BCUT2D eigenvalue weighted by molar-refractivity contribution is -0.129. The van der Waals surface area contributed by atoms with Crippen LogP contribution in [-0.4, -0.2) is 31.3 Å². The monoisotopic (exact) mass is 451 g/mol. The number of aliphatic imine (C=N–C) groups is 1. The average molecular weight is 452 g/mol. The Balaban J connectivity index is 1.40. The Morgan fingerprint density at radius 1 is 1.13 bits per heavy atom. The van der Waals surface area contributed by atoms with Crippen LogP contribution >= 0.6 is 23.1 Å². The van der Waals surface area contributed by atoms with Crippen LogP contribution in [0, 0.1) is 6.92 Å². The van der Waals surface area contributed by atoms with Crippen molar-refractivity contribution in [2.75, 3.05) is 19.5 Å². The highest BCUT2D eigenvalue weighted by molar-refractivity contribution is 7.99. The molecule has 0 bridgehead atoms. The number of hydrogen-bond donors (Lipinski definition) is 0. The Morgan fingerprint density at radius 2 is 1.97 bits per heavy atom. The number of thioether (sulfide) groups is 1. The van der Waals surface area contributed by atoms with Gasteiger partial charge in [-0.15, -0.1) is 23.1 Å². The van der Waals surface area contributed by atoms with Crippen molar-refractivity contribution in [2.45, 2.75) is 11.8 Å². The lowest BCUT2D eigenvalue weighted by Gasteiger charge is -2.11. The summed E-state index contributed by atoms with van der Waals surface area (Å²) in [6, 6.07) is 17.7. The largest absolute Gasteiger partial charge is 0.493 e. The van der Waals surface area contributed by atoms with Crippen LogP contribution in [0.2, 0.25) is 0 Å². The first-order chi connectivity index (χ1) is 15.1. The van der Waals surface area contributed by atoms with E-state index in [-0.39, 0.29) is 5.70 Å². The number of carbonyl (C=O) groups is 1. The number of cyclic esters (lactones) is 1. The molecule has 2 heterocycles. The number of methoxy groups -OCH3 is 1. The summed E-state index contributed by atoms with van der Waals surface area (Å²) in [7, 11) is 1.59. The summed E-state index contributed by atoms with van der Waals surface area (Å²) in [5, 5.41) is 1.91. The Morgan fingerprint density at radius 3 is 2.71 bits per heavy atom. The van der Waals surface area contributed by atoms with Gasteiger partial charge in [-0.25, -0.2) is 9.79 Å². The number of hydrogen-bond acceptors (Lipinski definition) is 7. The molecule has 1 aliphatic rings. The lowest BCUT2D eigenvalue weighted by Crippen LogP contribution is -2.03. The fourth-order valence-electron chi connectivity index (χ4n) is 2.91. The molecule has 0 amide bonds. The molecule has 0 spiro atoms. The SMILES string of the molecule is COc1cc(C=C2N=C(c3cccs3)OC2=O)ccc1OCCSc1ccc(C)cc1. The number of carbonyl (C=O) groups excluding carboxylic acids is 1. The van der Waals surface area contributed by atoms with E-state index < -0.39 is 5.97 Å². The van der Waals surface area contributed by atoms with E-state index in [1.165, 1.54) is 21.8 Å². The van der Waals surface area contributed by atoms with Crippen LogP contribution in [0.1, 0.15) is 16.0 Å². The van der Waals surface area contributed by atoms with Crippen molar-refractivity contribution in [1.29, 1.82) is 0 Å². The van der Waals surface area contributed by atoms with Crippen molar-refractivity contribution < 1.29 is 19.0 Å². The fraction of sp³-hybridized carbons (Fsp3) is 0.167. The van der Waals surface area contributed by atoms with Gasteiger partial charge in [-0.1, -0.05) is 29.8 Å². The summed E-state index contributed by atoms with van der Waals surface area (Å²) in [5.74, 6) is 1.96. The minimum Gasteiger partial charge on any atom is -0.493 e. The molecular formula is C24H21NO4S2. The van der Waals surface area contributed by atoms with Gasteiger partial charge < -0.3 is 14.2 Å². The molecule has 1 aromatic heterocycles. The molecule has 0 radical (unpaired) electrons. The second kappa shape index (κ2) is 9.85. The maximum atomic E-state index is 12.2. The highest BCUT2D eigenvalue weighted by atomic mass is 32.2. The average Bonchev–Trinajstić information content (AvgIpc) is 3.43. The highest BCUT2D eigenvalue weighted by Crippen LogP contribution is 2.30. The van der Waals surface area contributed by atoms with Crippen LogP contribution in [0.5, 0.6) is 11.5 Å². The summed E-state index contributed by atoms with van der Waals surface area (Å²) >= 11 is 3.22. The smallest absolute Gasteiger partial charge is 0.363 e. The van der Waals surface area contributed by atoms with E-state index in [0.29, 0.717) is 24.0 Å². The van der Waals surface area contributed by atoms with Gasteiger partial charge >= 0.3 is 5.97 Å². The van der Waals surface area contributed by atoms with Crippen LogP contribution in [-0.2, 0) is 9.53 Å².